The van der Waals surface area contributed by atoms with Gasteiger partial charge in [-0.05, 0) is 47.4 Å². The summed E-state index contributed by atoms with van der Waals surface area (Å²) in [6, 6.07) is 12.0. The zero-order valence-corrected chi connectivity index (χ0v) is 15.8. The molecular formula is C21H19F4N3O2. The number of halogens is 4. The highest BCUT2D eigenvalue weighted by atomic mass is 19.4. The normalized spacial score (nSPS) is 13.2. The van der Waals surface area contributed by atoms with Gasteiger partial charge in [0, 0.05) is 31.0 Å². The van der Waals surface area contributed by atoms with Crippen LogP contribution in [0, 0.1) is 5.82 Å². The Balaban J connectivity index is 0.000000318. The summed E-state index contributed by atoms with van der Waals surface area (Å²) in [5.74, 6) is -2.86. The first-order valence-corrected chi connectivity index (χ1v) is 9.12. The molecule has 0 atom stereocenters. The van der Waals surface area contributed by atoms with E-state index in [0.717, 1.165) is 41.8 Å². The van der Waals surface area contributed by atoms with Crippen LogP contribution in [0.1, 0.15) is 16.7 Å². The van der Waals surface area contributed by atoms with Crippen LogP contribution >= 0.6 is 0 Å². The highest BCUT2D eigenvalue weighted by molar-refractivity contribution is 5.73. The minimum Gasteiger partial charge on any atom is -0.475 e. The number of fused-ring (bicyclic) bond motifs is 1. The lowest BCUT2D eigenvalue weighted by Crippen LogP contribution is -2.25. The summed E-state index contributed by atoms with van der Waals surface area (Å²) in [5, 5.41) is 10.4. The van der Waals surface area contributed by atoms with Crippen molar-refractivity contribution in [2.75, 3.05) is 6.54 Å². The maximum atomic E-state index is 14.0. The third-order valence-electron chi connectivity index (χ3n) is 4.63. The Labute approximate surface area is 170 Å². The van der Waals surface area contributed by atoms with E-state index in [2.05, 4.69) is 34.6 Å². The summed E-state index contributed by atoms with van der Waals surface area (Å²) in [6.45, 7) is 2.31. The van der Waals surface area contributed by atoms with Crippen LogP contribution in [0.2, 0.25) is 0 Å². The molecule has 1 aliphatic rings. The van der Waals surface area contributed by atoms with E-state index in [-0.39, 0.29) is 5.82 Å². The van der Waals surface area contributed by atoms with Crippen molar-refractivity contribution in [2.45, 2.75) is 25.7 Å². The summed E-state index contributed by atoms with van der Waals surface area (Å²) in [4.78, 5) is 13.0. The third-order valence-corrected chi connectivity index (χ3v) is 4.63. The highest BCUT2D eigenvalue weighted by Crippen LogP contribution is 2.30. The molecule has 0 saturated carbocycles. The van der Waals surface area contributed by atoms with Crippen LogP contribution in [-0.2, 0) is 24.3 Å². The maximum absolute atomic E-state index is 14.0. The van der Waals surface area contributed by atoms with Crippen LogP contribution in [0.5, 0.6) is 0 Å². The predicted octanol–water partition coefficient (Wildman–Crippen LogP) is 4.02. The Bertz CT molecular complexity index is 1020. The molecule has 9 heteroatoms. The van der Waals surface area contributed by atoms with Crippen LogP contribution in [0.4, 0.5) is 17.6 Å². The number of carboxylic acids is 1. The molecule has 5 nitrogen and oxygen atoms in total. The molecule has 0 amide bonds. The average molecular weight is 421 g/mol. The second-order valence-corrected chi connectivity index (χ2v) is 6.72. The van der Waals surface area contributed by atoms with Crippen molar-refractivity contribution in [1.82, 2.24) is 14.9 Å². The number of hydrogen-bond donors (Lipinski definition) is 2. The van der Waals surface area contributed by atoms with Crippen LogP contribution < -0.4 is 5.32 Å². The molecule has 0 aliphatic carbocycles. The van der Waals surface area contributed by atoms with Gasteiger partial charge in [-0.25, -0.2) is 14.2 Å². The number of benzene rings is 2. The third kappa shape index (κ3) is 5.24. The van der Waals surface area contributed by atoms with Crippen LogP contribution in [0.25, 0.3) is 11.1 Å². The van der Waals surface area contributed by atoms with E-state index in [1.807, 2.05) is 23.2 Å². The van der Waals surface area contributed by atoms with Crippen molar-refractivity contribution in [2.24, 2.45) is 0 Å². The molecule has 0 spiro atoms. The summed E-state index contributed by atoms with van der Waals surface area (Å²) in [7, 11) is 0. The van der Waals surface area contributed by atoms with Gasteiger partial charge in [-0.2, -0.15) is 13.2 Å². The van der Waals surface area contributed by atoms with Gasteiger partial charge in [0.05, 0.1) is 6.33 Å². The molecule has 1 aliphatic heterocycles. The number of carbonyl (C=O) groups is 1. The predicted molar refractivity (Wildman–Crippen MR) is 102 cm³/mol. The second kappa shape index (κ2) is 9.08. The number of hydrogen-bond acceptors (Lipinski definition) is 3. The zero-order chi connectivity index (χ0) is 21.7. The lowest BCUT2D eigenvalue weighted by atomic mass is 9.90. The quantitative estimate of drug-likeness (QED) is 0.627. The van der Waals surface area contributed by atoms with E-state index in [9.17, 15) is 17.6 Å². The summed E-state index contributed by atoms with van der Waals surface area (Å²) >= 11 is 0. The first kappa shape index (κ1) is 21.5. The van der Waals surface area contributed by atoms with Gasteiger partial charge in [0.15, 0.2) is 0 Å². The van der Waals surface area contributed by atoms with Crippen molar-refractivity contribution >= 4 is 5.97 Å². The van der Waals surface area contributed by atoms with Gasteiger partial charge in [0.2, 0.25) is 0 Å². The van der Waals surface area contributed by atoms with Crippen LogP contribution in [0.3, 0.4) is 0 Å². The molecule has 4 rings (SSSR count). The fourth-order valence-corrected chi connectivity index (χ4v) is 3.27. The number of rotatable bonds is 3. The number of aromatic nitrogens is 2. The van der Waals surface area contributed by atoms with E-state index in [0.29, 0.717) is 6.54 Å². The molecule has 0 saturated heterocycles. The molecular weight excluding hydrogens is 402 g/mol. The van der Waals surface area contributed by atoms with Crippen molar-refractivity contribution in [3.05, 3.63) is 77.6 Å². The van der Waals surface area contributed by atoms with Gasteiger partial charge in [0.25, 0.3) is 0 Å². The van der Waals surface area contributed by atoms with Gasteiger partial charge in [-0.3, -0.25) is 0 Å². The molecule has 1 aromatic heterocycles. The minimum absolute atomic E-state index is 0.106. The van der Waals surface area contributed by atoms with E-state index in [4.69, 9.17) is 9.90 Å². The first-order valence-electron chi connectivity index (χ1n) is 9.12. The zero-order valence-electron chi connectivity index (χ0n) is 15.8. The Kier molecular flexibility index (Phi) is 6.51. The van der Waals surface area contributed by atoms with Gasteiger partial charge in [-0.15, -0.1) is 0 Å². The Morgan fingerprint density at radius 1 is 1.20 bits per heavy atom. The molecule has 2 heterocycles. The molecule has 2 N–H and O–H groups in total. The van der Waals surface area contributed by atoms with Crippen molar-refractivity contribution in [3.8, 4) is 11.1 Å². The van der Waals surface area contributed by atoms with E-state index in [1.165, 1.54) is 5.56 Å². The molecule has 158 valence electrons. The van der Waals surface area contributed by atoms with Gasteiger partial charge >= 0.3 is 12.1 Å². The standard InChI is InChI=1S/C19H18FN3.C2HF3O2/c20-19-5-4-16(17-6-7-21-11-18(17)19)15-3-1-2-14(10-15)12-23-9-8-22-13-23;3-2(4,5)1(6)7/h1-5,8-10,13,21H,6-7,11-12H2;(H,6,7). The Morgan fingerprint density at radius 2 is 1.97 bits per heavy atom. The van der Waals surface area contributed by atoms with E-state index < -0.39 is 12.1 Å². The number of alkyl halides is 3. The van der Waals surface area contributed by atoms with Gasteiger partial charge in [0.1, 0.15) is 5.82 Å². The van der Waals surface area contributed by atoms with E-state index >= 15 is 0 Å². The summed E-state index contributed by atoms with van der Waals surface area (Å²) in [5.41, 5.74) is 5.47. The van der Waals surface area contributed by atoms with Crippen molar-refractivity contribution in [3.63, 3.8) is 0 Å². The van der Waals surface area contributed by atoms with E-state index in [1.54, 1.807) is 12.3 Å². The van der Waals surface area contributed by atoms with Crippen LogP contribution in [0.15, 0.2) is 55.1 Å². The number of imidazole rings is 1. The van der Waals surface area contributed by atoms with Gasteiger partial charge < -0.3 is 15.0 Å². The fraction of sp³-hybridized carbons (Fsp3) is 0.238. The first-order chi connectivity index (χ1) is 14.3. The summed E-state index contributed by atoms with van der Waals surface area (Å²) in [6.07, 6.45) is 1.34. The Hall–Kier alpha value is -3.20. The lowest BCUT2D eigenvalue weighted by molar-refractivity contribution is -0.192. The molecule has 2 aromatic carbocycles. The number of nitrogens with one attached hydrogen (secondary N) is 1. The minimum atomic E-state index is -5.08. The monoisotopic (exact) mass is 421 g/mol. The van der Waals surface area contributed by atoms with Crippen molar-refractivity contribution in [1.29, 1.82) is 0 Å². The molecule has 3 aromatic rings. The van der Waals surface area contributed by atoms with Crippen LogP contribution in [-0.4, -0.2) is 33.3 Å². The summed E-state index contributed by atoms with van der Waals surface area (Å²) < 4.78 is 47.8. The lowest BCUT2D eigenvalue weighted by Gasteiger charge is -2.21. The highest BCUT2D eigenvalue weighted by Gasteiger charge is 2.38. The van der Waals surface area contributed by atoms with Crippen molar-refractivity contribution < 1.29 is 27.5 Å². The molecule has 0 unspecified atom stereocenters. The Morgan fingerprint density at radius 3 is 2.63 bits per heavy atom. The SMILES string of the molecule is Fc1ccc(-c2cccc(Cn3ccnc3)c2)c2c1CNCC2.O=C(O)C(F)(F)F. The van der Waals surface area contributed by atoms with Gasteiger partial charge in [-0.1, -0.05) is 24.3 Å². The molecule has 0 bridgehead atoms. The molecule has 0 radical (unpaired) electrons. The second-order valence-electron chi connectivity index (χ2n) is 6.72. The maximum Gasteiger partial charge on any atom is 0.490 e. The largest absolute Gasteiger partial charge is 0.490 e. The molecule has 0 fully saturated rings. The average Bonchev–Trinajstić information content (AvgIpc) is 3.21. The fourth-order valence-electron chi connectivity index (χ4n) is 3.27. The number of aliphatic carboxylic acids is 1. The topological polar surface area (TPSA) is 67.2 Å². The number of nitrogens with zero attached hydrogens (tertiary/aromatic N) is 2. The number of carboxylic acid groups (broad SMARTS) is 1. The molecule has 30 heavy (non-hydrogen) atoms. The smallest absolute Gasteiger partial charge is 0.475 e.